The molecule has 2 unspecified atom stereocenters. The fourth-order valence-electron chi connectivity index (χ4n) is 2.67. The van der Waals surface area contributed by atoms with Crippen LogP contribution in [0.25, 0.3) is 0 Å². The Hall–Kier alpha value is -1.84. The van der Waals surface area contributed by atoms with Gasteiger partial charge < -0.3 is 10.0 Å². The number of hydrogen-bond donors (Lipinski definition) is 1. The summed E-state index contributed by atoms with van der Waals surface area (Å²) in [5.74, 6) is -0.623. The van der Waals surface area contributed by atoms with E-state index in [1.54, 1.807) is 4.90 Å². The van der Waals surface area contributed by atoms with Gasteiger partial charge in [-0.05, 0) is 30.7 Å². The second-order valence-corrected chi connectivity index (χ2v) is 5.45. The summed E-state index contributed by atoms with van der Waals surface area (Å²) in [6.07, 6.45) is 2.75. The van der Waals surface area contributed by atoms with E-state index in [4.69, 9.17) is 5.11 Å². The number of hydrogen-bond acceptors (Lipinski definition) is 2. The average Bonchev–Trinajstić information content (AvgIpc) is 3.29. The Balaban J connectivity index is 1.66. The lowest BCUT2D eigenvalue weighted by Gasteiger charge is -2.20. The number of carbonyl (C=O) groups is 2. The Kier molecular flexibility index (Phi) is 3.01. The molecule has 0 aliphatic heterocycles. The first kappa shape index (κ1) is 12.2. The minimum absolute atomic E-state index is 0.0117. The van der Waals surface area contributed by atoms with Gasteiger partial charge in [-0.1, -0.05) is 30.3 Å². The first-order valence-electron chi connectivity index (χ1n) is 6.74. The van der Waals surface area contributed by atoms with Gasteiger partial charge in [0.2, 0.25) is 5.91 Å². The Morgan fingerprint density at radius 1 is 1.21 bits per heavy atom. The molecule has 0 spiro atoms. The molecule has 0 bridgehead atoms. The molecule has 100 valence electrons. The highest BCUT2D eigenvalue weighted by Crippen LogP contribution is 2.49. The van der Waals surface area contributed by atoms with Crippen molar-refractivity contribution in [2.75, 3.05) is 6.54 Å². The van der Waals surface area contributed by atoms with Gasteiger partial charge in [-0.3, -0.25) is 9.59 Å². The number of carboxylic acid groups (broad SMARTS) is 1. The average molecular weight is 259 g/mol. The van der Waals surface area contributed by atoms with Gasteiger partial charge in [0.05, 0.1) is 0 Å². The maximum absolute atomic E-state index is 12.4. The summed E-state index contributed by atoms with van der Waals surface area (Å²) in [6, 6.07) is 10.2. The van der Waals surface area contributed by atoms with Gasteiger partial charge in [0.15, 0.2) is 0 Å². The van der Waals surface area contributed by atoms with Gasteiger partial charge in [-0.2, -0.15) is 0 Å². The smallest absolute Gasteiger partial charge is 0.323 e. The third-order valence-corrected chi connectivity index (χ3v) is 3.91. The first-order valence-corrected chi connectivity index (χ1v) is 6.74. The van der Waals surface area contributed by atoms with Crippen molar-refractivity contribution in [2.45, 2.75) is 31.2 Å². The van der Waals surface area contributed by atoms with E-state index in [0.717, 1.165) is 19.3 Å². The van der Waals surface area contributed by atoms with Crippen molar-refractivity contribution in [3.63, 3.8) is 0 Å². The maximum atomic E-state index is 12.4. The molecule has 1 aromatic rings. The lowest BCUT2D eigenvalue weighted by molar-refractivity contribution is -0.145. The Bertz CT molecular complexity index is 495. The van der Waals surface area contributed by atoms with Crippen LogP contribution in [-0.2, 0) is 9.59 Å². The van der Waals surface area contributed by atoms with Crippen molar-refractivity contribution >= 4 is 11.9 Å². The molecular formula is C15H17NO3. The van der Waals surface area contributed by atoms with Crippen molar-refractivity contribution in [2.24, 2.45) is 5.92 Å². The summed E-state index contributed by atoms with van der Waals surface area (Å²) in [4.78, 5) is 24.8. The highest BCUT2D eigenvalue weighted by atomic mass is 16.4. The molecule has 1 N–H and O–H groups in total. The van der Waals surface area contributed by atoms with E-state index in [1.165, 1.54) is 5.56 Å². The molecule has 2 saturated carbocycles. The molecule has 2 aliphatic rings. The van der Waals surface area contributed by atoms with Crippen LogP contribution in [0.4, 0.5) is 0 Å². The van der Waals surface area contributed by atoms with Crippen LogP contribution in [-0.4, -0.2) is 34.5 Å². The Labute approximate surface area is 112 Å². The summed E-state index contributed by atoms with van der Waals surface area (Å²) in [5.41, 5.74) is 1.19. The molecule has 2 aliphatic carbocycles. The second-order valence-electron chi connectivity index (χ2n) is 5.45. The maximum Gasteiger partial charge on any atom is 0.323 e. The highest BCUT2D eigenvalue weighted by Gasteiger charge is 2.48. The lowest BCUT2D eigenvalue weighted by atomic mass is 10.1. The number of amides is 1. The number of nitrogens with zero attached hydrogens (tertiary/aromatic N) is 1. The van der Waals surface area contributed by atoms with Crippen LogP contribution in [0.5, 0.6) is 0 Å². The van der Waals surface area contributed by atoms with E-state index >= 15 is 0 Å². The van der Waals surface area contributed by atoms with Crippen molar-refractivity contribution in [3.8, 4) is 0 Å². The molecule has 2 fully saturated rings. The topological polar surface area (TPSA) is 57.6 Å². The predicted octanol–water partition coefficient (Wildman–Crippen LogP) is 1.87. The van der Waals surface area contributed by atoms with Gasteiger partial charge >= 0.3 is 5.97 Å². The Morgan fingerprint density at radius 3 is 2.47 bits per heavy atom. The number of aliphatic carboxylic acids is 1. The fraction of sp³-hybridized carbons (Fsp3) is 0.467. The van der Waals surface area contributed by atoms with Crippen LogP contribution in [0.15, 0.2) is 30.3 Å². The van der Waals surface area contributed by atoms with E-state index in [1.807, 2.05) is 30.3 Å². The fourth-order valence-corrected chi connectivity index (χ4v) is 2.67. The normalized spacial score (nSPS) is 24.8. The Morgan fingerprint density at radius 2 is 1.89 bits per heavy atom. The molecule has 3 rings (SSSR count). The van der Waals surface area contributed by atoms with Crippen LogP contribution in [0.3, 0.4) is 0 Å². The molecule has 1 aromatic carbocycles. The van der Waals surface area contributed by atoms with Gasteiger partial charge in [0.1, 0.15) is 6.54 Å². The number of carbonyl (C=O) groups excluding carboxylic acids is 1. The van der Waals surface area contributed by atoms with Gasteiger partial charge in [-0.15, -0.1) is 0 Å². The van der Waals surface area contributed by atoms with Gasteiger partial charge in [-0.25, -0.2) is 0 Å². The molecule has 0 radical (unpaired) electrons. The number of carboxylic acids is 1. The largest absolute Gasteiger partial charge is 0.480 e. The SMILES string of the molecule is O=C(O)CN(C(=O)C1CC1c1ccccc1)C1CC1. The molecule has 19 heavy (non-hydrogen) atoms. The lowest BCUT2D eigenvalue weighted by Crippen LogP contribution is -2.38. The quantitative estimate of drug-likeness (QED) is 0.878. The summed E-state index contributed by atoms with van der Waals surface area (Å²) in [5, 5.41) is 8.90. The summed E-state index contributed by atoms with van der Waals surface area (Å²) >= 11 is 0. The van der Waals surface area contributed by atoms with Crippen molar-refractivity contribution in [1.82, 2.24) is 4.90 Å². The van der Waals surface area contributed by atoms with E-state index in [0.29, 0.717) is 0 Å². The monoisotopic (exact) mass is 259 g/mol. The second kappa shape index (κ2) is 4.68. The molecule has 2 atom stereocenters. The number of rotatable bonds is 5. The minimum Gasteiger partial charge on any atom is -0.480 e. The van der Waals surface area contributed by atoms with E-state index in [-0.39, 0.29) is 30.3 Å². The molecule has 0 saturated heterocycles. The summed E-state index contributed by atoms with van der Waals surface area (Å²) in [6.45, 7) is -0.151. The van der Waals surface area contributed by atoms with Crippen LogP contribution in [0.1, 0.15) is 30.7 Å². The van der Waals surface area contributed by atoms with Crippen LogP contribution >= 0.6 is 0 Å². The zero-order valence-electron chi connectivity index (χ0n) is 10.7. The standard InChI is InChI=1S/C15H17NO3/c17-14(18)9-16(11-6-7-11)15(19)13-8-12(13)10-4-2-1-3-5-10/h1-5,11-13H,6-9H2,(H,17,18). The van der Waals surface area contributed by atoms with Gasteiger partial charge in [0.25, 0.3) is 0 Å². The van der Waals surface area contributed by atoms with Crippen LogP contribution in [0.2, 0.25) is 0 Å². The van der Waals surface area contributed by atoms with Crippen molar-refractivity contribution in [3.05, 3.63) is 35.9 Å². The van der Waals surface area contributed by atoms with Gasteiger partial charge in [0, 0.05) is 12.0 Å². The zero-order valence-corrected chi connectivity index (χ0v) is 10.7. The molecule has 0 heterocycles. The molecular weight excluding hydrogens is 242 g/mol. The third-order valence-electron chi connectivity index (χ3n) is 3.91. The van der Waals surface area contributed by atoms with E-state index < -0.39 is 5.97 Å². The van der Waals surface area contributed by atoms with Crippen molar-refractivity contribution < 1.29 is 14.7 Å². The summed E-state index contributed by atoms with van der Waals surface area (Å²) < 4.78 is 0. The number of benzene rings is 1. The minimum atomic E-state index is -0.919. The van der Waals surface area contributed by atoms with Crippen LogP contribution < -0.4 is 0 Å². The van der Waals surface area contributed by atoms with Crippen LogP contribution in [0, 0.1) is 5.92 Å². The van der Waals surface area contributed by atoms with E-state index in [2.05, 4.69) is 0 Å². The molecule has 4 nitrogen and oxygen atoms in total. The summed E-state index contributed by atoms with van der Waals surface area (Å²) in [7, 11) is 0. The zero-order chi connectivity index (χ0) is 13.4. The molecule has 0 aromatic heterocycles. The highest BCUT2D eigenvalue weighted by molar-refractivity contribution is 5.86. The van der Waals surface area contributed by atoms with E-state index in [9.17, 15) is 9.59 Å². The molecule has 4 heteroatoms. The first-order chi connectivity index (χ1) is 9.16. The predicted molar refractivity (Wildman–Crippen MR) is 69.7 cm³/mol. The van der Waals surface area contributed by atoms with Crippen molar-refractivity contribution in [1.29, 1.82) is 0 Å². The third kappa shape index (κ3) is 2.62. The molecule has 1 amide bonds.